The Morgan fingerprint density at radius 2 is 1.73 bits per heavy atom. The zero-order valence-electron chi connectivity index (χ0n) is 16.3. The molecule has 0 atom stereocenters. The summed E-state index contributed by atoms with van der Waals surface area (Å²) < 4.78 is 9.79. The smallest absolute Gasteiger partial charge is 0.412 e. The summed E-state index contributed by atoms with van der Waals surface area (Å²) in [6.45, 7) is 0. The van der Waals surface area contributed by atoms with Gasteiger partial charge in [0.05, 0.1) is 15.7 Å². The lowest BCUT2D eigenvalue weighted by atomic mass is 10.1. The molecule has 0 unspecified atom stereocenters. The minimum absolute atomic E-state index is 0.0523. The molecule has 1 aromatic heterocycles. The van der Waals surface area contributed by atoms with Gasteiger partial charge >= 0.3 is 12.1 Å². The number of primary amides is 1. The summed E-state index contributed by atoms with van der Waals surface area (Å²) in [6.07, 6.45) is -1.38. The highest BCUT2D eigenvalue weighted by Crippen LogP contribution is 2.39. The maximum absolute atomic E-state index is 11.5. The van der Waals surface area contributed by atoms with Crippen LogP contribution in [-0.4, -0.2) is 28.0 Å². The number of hydrazone groups is 1. The van der Waals surface area contributed by atoms with E-state index in [1.807, 2.05) is 30.3 Å². The monoisotopic (exact) mass is 504 g/mol. The average Bonchev–Trinajstić information content (AvgIpc) is 2.78. The molecule has 0 saturated heterocycles. The second-order valence-electron chi connectivity index (χ2n) is 6.02. The van der Waals surface area contributed by atoms with Gasteiger partial charge in [-0.05, 0) is 17.7 Å². The number of nitriles is 1. The summed E-state index contributed by atoms with van der Waals surface area (Å²) in [7, 11) is 0. The number of esters is 1. The van der Waals surface area contributed by atoms with Crippen LogP contribution in [0.15, 0.2) is 53.6 Å². The van der Waals surface area contributed by atoms with Crippen LogP contribution in [0.4, 0.5) is 10.5 Å². The number of nitrogens with one attached hydrogen (secondary N) is 1. The summed E-state index contributed by atoms with van der Waals surface area (Å²) in [5, 5.41) is 20.6. The molecule has 0 aliphatic heterocycles. The third-order valence-electron chi connectivity index (χ3n) is 3.81. The van der Waals surface area contributed by atoms with Crippen molar-refractivity contribution >= 4 is 58.3 Å². The number of benzene rings is 2. The number of ether oxygens (including phenoxy) is 2. The van der Waals surface area contributed by atoms with Gasteiger partial charge in [0.1, 0.15) is 6.07 Å². The Balaban J connectivity index is 1.83. The van der Waals surface area contributed by atoms with Crippen LogP contribution >= 0.6 is 34.8 Å². The summed E-state index contributed by atoms with van der Waals surface area (Å²) in [5.41, 5.74) is 7.97. The van der Waals surface area contributed by atoms with Crippen molar-refractivity contribution in [1.29, 1.82) is 5.26 Å². The molecular formula is C20H11Cl3N6O4. The summed E-state index contributed by atoms with van der Waals surface area (Å²) in [5.74, 6) is -1.18. The van der Waals surface area contributed by atoms with Gasteiger partial charge in [0.2, 0.25) is 11.6 Å². The first kappa shape index (κ1) is 23.7. The highest BCUT2D eigenvalue weighted by molar-refractivity contribution is 6.44. The first-order chi connectivity index (χ1) is 15.8. The molecule has 33 heavy (non-hydrogen) atoms. The molecule has 3 rings (SSSR count). The number of carbonyl (C=O) groups is 2. The Kier molecular flexibility index (Phi) is 7.63. The van der Waals surface area contributed by atoms with Crippen molar-refractivity contribution in [2.45, 2.75) is 0 Å². The van der Waals surface area contributed by atoms with Crippen molar-refractivity contribution in [1.82, 2.24) is 10.2 Å². The first-order valence-electron chi connectivity index (χ1n) is 8.79. The lowest BCUT2D eigenvalue weighted by Gasteiger charge is -2.12. The quantitative estimate of drug-likeness (QED) is 0.209. The molecule has 0 saturated carbocycles. The number of hydrogen-bond acceptors (Lipinski definition) is 9. The molecule has 1 heterocycles. The minimum atomic E-state index is -1.38. The topological polar surface area (TPSA) is 153 Å². The van der Waals surface area contributed by atoms with Gasteiger partial charge in [-0.1, -0.05) is 65.1 Å². The van der Waals surface area contributed by atoms with E-state index in [-0.39, 0.29) is 32.5 Å². The maximum atomic E-state index is 11.5. The highest BCUT2D eigenvalue weighted by Gasteiger charge is 2.17. The molecule has 0 bridgehead atoms. The van der Waals surface area contributed by atoms with Crippen LogP contribution in [0.3, 0.4) is 0 Å². The van der Waals surface area contributed by atoms with Crippen molar-refractivity contribution in [3.8, 4) is 28.8 Å². The third kappa shape index (κ3) is 6.08. The molecule has 10 nitrogen and oxygen atoms in total. The number of rotatable bonds is 6. The Morgan fingerprint density at radius 1 is 1.06 bits per heavy atom. The van der Waals surface area contributed by atoms with E-state index in [2.05, 4.69) is 25.5 Å². The Morgan fingerprint density at radius 3 is 2.33 bits per heavy atom. The Hall–Kier alpha value is -3.91. The van der Waals surface area contributed by atoms with Crippen LogP contribution in [0, 0.1) is 11.3 Å². The summed E-state index contributed by atoms with van der Waals surface area (Å²) in [4.78, 5) is 22.2. The number of anilines is 1. The second kappa shape index (κ2) is 10.6. The molecule has 166 valence electrons. The fourth-order valence-electron chi connectivity index (χ4n) is 2.43. The molecule has 13 heteroatoms. The van der Waals surface area contributed by atoms with Crippen molar-refractivity contribution in [2.75, 3.05) is 5.43 Å². The predicted octanol–water partition coefficient (Wildman–Crippen LogP) is 4.81. The van der Waals surface area contributed by atoms with Gasteiger partial charge in [0, 0.05) is 11.6 Å². The van der Waals surface area contributed by atoms with Crippen LogP contribution in [0.1, 0.15) is 0 Å². The molecule has 2 aromatic carbocycles. The zero-order chi connectivity index (χ0) is 24.0. The number of amides is 1. The van der Waals surface area contributed by atoms with E-state index < -0.39 is 17.8 Å². The lowest BCUT2D eigenvalue weighted by molar-refractivity contribution is -0.129. The van der Waals surface area contributed by atoms with E-state index in [9.17, 15) is 9.59 Å². The van der Waals surface area contributed by atoms with Crippen molar-refractivity contribution < 1.29 is 19.1 Å². The van der Waals surface area contributed by atoms with E-state index in [0.717, 1.165) is 5.56 Å². The van der Waals surface area contributed by atoms with Crippen molar-refractivity contribution in [3.05, 3.63) is 63.7 Å². The van der Waals surface area contributed by atoms with Crippen molar-refractivity contribution in [3.63, 3.8) is 0 Å². The molecule has 0 fully saturated rings. The van der Waals surface area contributed by atoms with E-state index >= 15 is 0 Å². The number of nitrogens with two attached hydrogens (primary N) is 1. The van der Waals surface area contributed by atoms with Gasteiger partial charge in [0.25, 0.3) is 0 Å². The molecule has 0 aliphatic carbocycles. The first-order valence-corrected chi connectivity index (χ1v) is 9.93. The van der Waals surface area contributed by atoms with E-state index in [4.69, 9.17) is 50.5 Å². The SMILES string of the molecule is N#CC(=NNc1cc(Cl)c(Oc2cc(-c3ccccc3)c(Cl)nn2)c(Cl)c1)C(=O)OC(N)=O. The van der Waals surface area contributed by atoms with Gasteiger partial charge in [-0.25, -0.2) is 9.59 Å². The molecular weight excluding hydrogens is 495 g/mol. The minimum Gasteiger partial charge on any atom is -0.434 e. The molecule has 0 radical (unpaired) electrons. The van der Waals surface area contributed by atoms with Gasteiger partial charge in [-0.3, -0.25) is 5.43 Å². The standard InChI is InChI=1S/C20H11Cl3N6O4/c21-13-6-11(26-27-15(9-24)19(30)33-20(25)31)7-14(22)17(13)32-16-8-12(18(23)29-28-16)10-4-2-1-3-5-10/h1-8,26H,(H2,25,31). The summed E-state index contributed by atoms with van der Waals surface area (Å²) >= 11 is 18.7. The molecule has 0 spiro atoms. The second-order valence-corrected chi connectivity index (χ2v) is 7.19. The van der Waals surface area contributed by atoms with E-state index in [0.29, 0.717) is 5.56 Å². The Bertz CT molecular complexity index is 1270. The predicted molar refractivity (Wildman–Crippen MR) is 121 cm³/mol. The highest BCUT2D eigenvalue weighted by atomic mass is 35.5. The largest absolute Gasteiger partial charge is 0.434 e. The number of halogens is 3. The number of carbonyl (C=O) groups excluding carboxylic acids is 2. The fraction of sp³-hybridized carbons (Fsp3) is 0. The van der Waals surface area contributed by atoms with Crippen LogP contribution in [0.5, 0.6) is 11.6 Å². The number of nitrogens with zero attached hydrogens (tertiary/aromatic N) is 4. The van der Waals surface area contributed by atoms with Crippen LogP contribution in [-0.2, 0) is 9.53 Å². The van der Waals surface area contributed by atoms with Gasteiger partial charge in [-0.15, -0.1) is 10.2 Å². The van der Waals surface area contributed by atoms with Gasteiger partial charge in [-0.2, -0.15) is 10.4 Å². The molecule has 3 N–H and O–H groups in total. The summed E-state index contributed by atoms with van der Waals surface area (Å²) in [6, 6.07) is 15.0. The molecule has 1 amide bonds. The molecule has 0 aliphatic rings. The van der Waals surface area contributed by atoms with Crippen molar-refractivity contribution in [2.24, 2.45) is 10.8 Å². The zero-order valence-corrected chi connectivity index (χ0v) is 18.5. The lowest BCUT2D eigenvalue weighted by Crippen LogP contribution is -2.24. The number of aromatic nitrogens is 2. The number of hydrogen-bond donors (Lipinski definition) is 2. The van der Waals surface area contributed by atoms with E-state index in [1.54, 1.807) is 6.07 Å². The van der Waals surface area contributed by atoms with Crippen LogP contribution in [0.2, 0.25) is 15.2 Å². The fourth-order valence-corrected chi connectivity index (χ4v) is 3.20. The molecule has 3 aromatic rings. The Labute approximate surface area is 201 Å². The van der Waals surface area contributed by atoms with E-state index in [1.165, 1.54) is 18.2 Å². The van der Waals surface area contributed by atoms with Crippen LogP contribution < -0.4 is 15.9 Å². The normalized spacial score (nSPS) is 10.8. The van der Waals surface area contributed by atoms with Crippen LogP contribution in [0.25, 0.3) is 11.1 Å². The third-order valence-corrected chi connectivity index (χ3v) is 4.65. The van der Waals surface area contributed by atoms with Gasteiger partial charge < -0.3 is 15.2 Å². The maximum Gasteiger partial charge on any atom is 0.412 e. The average molecular weight is 506 g/mol. The van der Waals surface area contributed by atoms with Gasteiger partial charge in [0.15, 0.2) is 10.9 Å².